The van der Waals surface area contributed by atoms with Crippen LogP contribution in [0.5, 0.6) is 5.75 Å². The molecule has 1 aliphatic heterocycles. The van der Waals surface area contributed by atoms with Gasteiger partial charge < -0.3 is 4.74 Å². The number of hydrazine groups is 1. The number of rotatable bonds is 5. The Morgan fingerprint density at radius 2 is 2.00 bits per heavy atom. The lowest BCUT2D eigenvalue weighted by Gasteiger charge is -2.28. The van der Waals surface area contributed by atoms with E-state index in [1.807, 2.05) is 0 Å². The second-order valence-corrected chi connectivity index (χ2v) is 6.78. The highest BCUT2D eigenvalue weighted by Crippen LogP contribution is 2.25. The molecule has 9 nitrogen and oxygen atoms in total. The normalized spacial score (nSPS) is 19.8. The first-order valence-corrected chi connectivity index (χ1v) is 8.14. The highest BCUT2D eigenvalue weighted by Gasteiger charge is 2.43. The van der Waals surface area contributed by atoms with Gasteiger partial charge in [0.15, 0.2) is 5.78 Å². The van der Waals surface area contributed by atoms with Gasteiger partial charge in [0.1, 0.15) is 5.75 Å². The molecule has 0 aliphatic carbocycles. The van der Waals surface area contributed by atoms with Gasteiger partial charge in [-0.3, -0.25) is 14.8 Å². The fourth-order valence-electron chi connectivity index (χ4n) is 2.21. The summed E-state index contributed by atoms with van der Waals surface area (Å²) in [6.45, 7) is 0.670. The Labute approximate surface area is 133 Å². The molecule has 0 spiro atoms. The van der Waals surface area contributed by atoms with Crippen LogP contribution in [0.15, 0.2) is 29.2 Å². The fraction of sp³-hybridized carbons (Fsp3) is 0.385. The zero-order valence-electron chi connectivity index (χ0n) is 12.6. The van der Waals surface area contributed by atoms with Crippen molar-refractivity contribution in [2.75, 3.05) is 20.2 Å². The predicted octanol–water partition coefficient (Wildman–Crippen LogP) is -0.620. The maximum absolute atomic E-state index is 12.7. The van der Waals surface area contributed by atoms with Crippen LogP contribution in [0.2, 0.25) is 0 Å². The number of benzene rings is 1. The van der Waals surface area contributed by atoms with Crippen molar-refractivity contribution in [1.82, 2.24) is 14.9 Å². The molecule has 0 bridgehead atoms. The Hall–Kier alpha value is -2.01. The van der Waals surface area contributed by atoms with Gasteiger partial charge in [-0.15, -0.1) is 4.41 Å². The third-order valence-corrected chi connectivity index (χ3v) is 5.32. The van der Waals surface area contributed by atoms with Gasteiger partial charge in [-0.25, -0.2) is 18.9 Å². The van der Waals surface area contributed by atoms with E-state index in [1.54, 1.807) is 0 Å². The second-order valence-electron chi connectivity index (χ2n) is 4.94. The second kappa shape index (κ2) is 6.62. The molecule has 2 N–H and O–H groups in total. The molecule has 1 unspecified atom stereocenters. The molecule has 126 valence electrons. The average molecular weight is 343 g/mol. The van der Waals surface area contributed by atoms with Gasteiger partial charge in [0.25, 0.3) is 15.9 Å². The molecule has 1 aromatic rings. The van der Waals surface area contributed by atoms with Crippen LogP contribution >= 0.6 is 0 Å². The van der Waals surface area contributed by atoms with Crippen LogP contribution in [0.25, 0.3) is 0 Å². The lowest BCUT2D eigenvalue weighted by Crippen LogP contribution is -2.48. The van der Waals surface area contributed by atoms with Crippen molar-refractivity contribution in [3.05, 3.63) is 24.3 Å². The first-order chi connectivity index (χ1) is 10.8. The van der Waals surface area contributed by atoms with Crippen molar-refractivity contribution in [1.29, 1.82) is 0 Å². The SMILES string of the molecule is COc1ccc(S(=O)(=O)N2CC(=O)C(C)N2CC(=O)NO)cc1. The molecule has 1 heterocycles. The Bertz CT molecular complexity index is 703. The molecule has 0 saturated carbocycles. The summed E-state index contributed by atoms with van der Waals surface area (Å²) in [4.78, 5) is 23.2. The van der Waals surface area contributed by atoms with Crippen molar-refractivity contribution in [2.45, 2.75) is 17.9 Å². The number of sulfonamides is 1. The first-order valence-electron chi connectivity index (χ1n) is 6.70. The van der Waals surface area contributed by atoms with E-state index in [-0.39, 0.29) is 17.2 Å². The van der Waals surface area contributed by atoms with Gasteiger partial charge in [-0.2, -0.15) is 0 Å². The van der Waals surface area contributed by atoms with E-state index in [4.69, 9.17) is 9.94 Å². The van der Waals surface area contributed by atoms with Crippen LogP contribution in [0, 0.1) is 0 Å². The van der Waals surface area contributed by atoms with E-state index in [1.165, 1.54) is 43.8 Å². The van der Waals surface area contributed by atoms with Crippen LogP contribution in [-0.2, 0) is 19.6 Å². The molecule has 1 saturated heterocycles. The third-order valence-electron chi connectivity index (χ3n) is 3.56. The largest absolute Gasteiger partial charge is 0.497 e. The predicted molar refractivity (Wildman–Crippen MR) is 78.0 cm³/mol. The number of methoxy groups -OCH3 is 1. The van der Waals surface area contributed by atoms with Crippen molar-refractivity contribution in [3.63, 3.8) is 0 Å². The van der Waals surface area contributed by atoms with E-state index in [0.29, 0.717) is 5.75 Å². The van der Waals surface area contributed by atoms with Crippen LogP contribution in [-0.4, -0.2) is 61.0 Å². The molecule has 2 rings (SSSR count). The number of hydroxylamine groups is 1. The summed E-state index contributed by atoms with van der Waals surface area (Å²) in [6, 6.07) is 4.89. The fourth-order valence-corrected chi connectivity index (χ4v) is 3.70. The van der Waals surface area contributed by atoms with Gasteiger partial charge in [0.05, 0.1) is 31.1 Å². The summed E-state index contributed by atoms with van der Waals surface area (Å²) < 4.78 is 31.2. The maximum atomic E-state index is 12.7. The molecule has 1 atom stereocenters. The van der Waals surface area contributed by atoms with Crippen LogP contribution in [0.1, 0.15) is 6.92 Å². The zero-order chi connectivity index (χ0) is 17.2. The van der Waals surface area contributed by atoms with Gasteiger partial charge in [0.2, 0.25) is 0 Å². The minimum atomic E-state index is -4.01. The molecule has 1 fully saturated rings. The highest BCUT2D eigenvalue weighted by atomic mass is 32.2. The first kappa shape index (κ1) is 17.3. The number of Topliss-reactive ketones (excluding diaryl/α,β-unsaturated/α-hetero) is 1. The molecule has 1 aliphatic rings. The van der Waals surface area contributed by atoms with Crippen molar-refractivity contribution in [2.24, 2.45) is 0 Å². The quantitative estimate of drug-likeness (QED) is 0.540. The summed E-state index contributed by atoms with van der Waals surface area (Å²) >= 11 is 0. The topological polar surface area (TPSA) is 116 Å². The number of ketones is 1. The number of carbonyl (C=O) groups excluding carboxylic acids is 2. The molecule has 1 amide bonds. The number of hydrogen-bond acceptors (Lipinski definition) is 7. The number of ether oxygens (including phenoxy) is 1. The van der Waals surface area contributed by atoms with Crippen LogP contribution in [0.3, 0.4) is 0 Å². The molecule has 10 heteroatoms. The minimum Gasteiger partial charge on any atom is -0.497 e. The monoisotopic (exact) mass is 343 g/mol. The molecule has 23 heavy (non-hydrogen) atoms. The van der Waals surface area contributed by atoms with Crippen molar-refractivity contribution >= 4 is 21.7 Å². The summed E-state index contributed by atoms with van der Waals surface area (Å²) in [5.41, 5.74) is 1.42. The van der Waals surface area contributed by atoms with Gasteiger partial charge >= 0.3 is 0 Å². The van der Waals surface area contributed by atoms with Gasteiger partial charge in [-0.1, -0.05) is 0 Å². The van der Waals surface area contributed by atoms with E-state index in [9.17, 15) is 18.0 Å². The lowest BCUT2D eigenvalue weighted by atomic mass is 10.2. The third kappa shape index (κ3) is 3.34. The summed E-state index contributed by atoms with van der Waals surface area (Å²) in [5.74, 6) is -0.666. The Balaban J connectivity index is 2.35. The molecule has 1 aromatic carbocycles. The van der Waals surface area contributed by atoms with Gasteiger partial charge in [-0.05, 0) is 31.2 Å². The summed E-state index contributed by atoms with van der Waals surface area (Å²) in [5, 5.41) is 9.72. The smallest absolute Gasteiger partial charge is 0.259 e. The maximum Gasteiger partial charge on any atom is 0.259 e. The Morgan fingerprint density at radius 1 is 1.39 bits per heavy atom. The molecule has 0 radical (unpaired) electrons. The summed E-state index contributed by atoms with van der Waals surface area (Å²) in [7, 11) is -2.55. The zero-order valence-corrected chi connectivity index (χ0v) is 13.4. The summed E-state index contributed by atoms with van der Waals surface area (Å²) in [6.07, 6.45) is 0. The number of nitrogens with zero attached hydrogens (tertiary/aromatic N) is 2. The molecular formula is C13H17N3O6S. The minimum absolute atomic E-state index is 0.0328. The van der Waals surface area contributed by atoms with E-state index in [2.05, 4.69) is 0 Å². The van der Waals surface area contributed by atoms with Crippen molar-refractivity contribution < 1.29 is 28.0 Å². The number of carbonyl (C=O) groups is 2. The Morgan fingerprint density at radius 3 is 2.52 bits per heavy atom. The number of hydrogen-bond donors (Lipinski definition) is 2. The van der Waals surface area contributed by atoms with Gasteiger partial charge in [0, 0.05) is 0 Å². The number of amides is 1. The van der Waals surface area contributed by atoms with E-state index >= 15 is 0 Å². The average Bonchev–Trinajstić information content (AvgIpc) is 2.83. The Kier molecular flexibility index (Phi) is 5.00. The van der Waals surface area contributed by atoms with E-state index < -0.39 is 28.5 Å². The lowest BCUT2D eigenvalue weighted by molar-refractivity contribution is -0.133. The molecular weight excluding hydrogens is 326 g/mol. The molecule has 0 aromatic heterocycles. The van der Waals surface area contributed by atoms with Crippen molar-refractivity contribution in [3.8, 4) is 5.75 Å². The van der Waals surface area contributed by atoms with Crippen LogP contribution < -0.4 is 10.2 Å². The van der Waals surface area contributed by atoms with E-state index in [0.717, 1.165) is 9.42 Å². The number of nitrogens with one attached hydrogen (secondary N) is 1. The standard InChI is InChI=1S/C13H17N3O6S/c1-9-12(17)7-16(15(9)8-13(18)14-19)23(20,21)11-5-3-10(22-2)4-6-11/h3-6,9,19H,7-8H2,1-2H3,(H,14,18). The highest BCUT2D eigenvalue weighted by molar-refractivity contribution is 7.89. The van der Waals surface area contributed by atoms with Crippen LogP contribution in [0.4, 0.5) is 0 Å².